The Bertz CT molecular complexity index is 646. The molecule has 106 valence electrons. The van der Waals surface area contributed by atoms with E-state index in [0.717, 1.165) is 29.9 Å². The first-order valence-corrected chi connectivity index (χ1v) is 6.50. The minimum atomic E-state index is 0.0366. The first kappa shape index (κ1) is 14.0. The lowest BCUT2D eigenvalue weighted by atomic mass is 10.0. The van der Waals surface area contributed by atoms with Crippen LogP contribution in [0.25, 0.3) is 5.82 Å². The number of amidine groups is 1. The van der Waals surface area contributed by atoms with Crippen molar-refractivity contribution in [1.29, 1.82) is 0 Å². The van der Waals surface area contributed by atoms with Crippen LogP contribution < -0.4 is 5.73 Å². The second-order valence-electron chi connectivity index (χ2n) is 4.36. The molecular formula is C13H18N6O. The third-order valence-corrected chi connectivity index (χ3v) is 3.25. The van der Waals surface area contributed by atoms with Gasteiger partial charge in [0.1, 0.15) is 5.82 Å². The van der Waals surface area contributed by atoms with E-state index in [0.29, 0.717) is 11.4 Å². The molecule has 2 heterocycles. The SMILES string of the molecule is CCc1nnc(-n2ccnc2C)c(/C(N)=N/O)c1CC. The Morgan fingerprint density at radius 2 is 2.10 bits per heavy atom. The number of hydrogen-bond acceptors (Lipinski definition) is 5. The maximum atomic E-state index is 9.05. The van der Waals surface area contributed by atoms with E-state index < -0.39 is 0 Å². The van der Waals surface area contributed by atoms with Crippen molar-refractivity contribution in [2.24, 2.45) is 10.9 Å². The number of nitrogens with zero attached hydrogens (tertiary/aromatic N) is 5. The Morgan fingerprint density at radius 1 is 1.35 bits per heavy atom. The van der Waals surface area contributed by atoms with Crippen LogP contribution in [0.5, 0.6) is 0 Å². The molecule has 0 spiro atoms. The maximum absolute atomic E-state index is 9.05. The number of aromatic nitrogens is 4. The number of hydrogen-bond donors (Lipinski definition) is 2. The zero-order chi connectivity index (χ0) is 14.7. The Kier molecular flexibility index (Phi) is 3.97. The van der Waals surface area contributed by atoms with Crippen molar-refractivity contribution in [3.05, 3.63) is 35.0 Å². The predicted molar refractivity (Wildman–Crippen MR) is 75.2 cm³/mol. The van der Waals surface area contributed by atoms with Crippen LogP contribution >= 0.6 is 0 Å². The van der Waals surface area contributed by atoms with Gasteiger partial charge in [-0.15, -0.1) is 5.10 Å². The molecule has 0 fully saturated rings. The summed E-state index contributed by atoms with van der Waals surface area (Å²) in [4.78, 5) is 4.17. The normalized spacial score (nSPS) is 11.8. The quantitative estimate of drug-likeness (QED) is 0.377. The lowest BCUT2D eigenvalue weighted by molar-refractivity contribution is 0.318. The summed E-state index contributed by atoms with van der Waals surface area (Å²) in [7, 11) is 0. The van der Waals surface area contributed by atoms with E-state index in [4.69, 9.17) is 10.9 Å². The first-order chi connectivity index (χ1) is 9.63. The molecule has 20 heavy (non-hydrogen) atoms. The minimum absolute atomic E-state index is 0.0366. The molecule has 0 amide bonds. The highest BCUT2D eigenvalue weighted by molar-refractivity contribution is 6.01. The second-order valence-corrected chi connectivity index (χ2v) is 4.36. The van der Waals surface area contributed by atoms with Crippen LogP contribution in [0.15, 0.2) is 17.5 Å². The molecular weight excluding hydrogens is 256 g/mol. The summed E-state index contributed by atoms with van der Waals surface area (Å²) in [5, 5.41) is 20.7. The van der Waals surface area contributed by atoms with Gasteiger partial charge >= 0.3 is 0 Å². The summed E-state index contributed by atoms with van der Waals surface area (Å²) < 4.78 is 1.78. The maximum Gasteiger partial charge on any atom is 0.174 e. The molecule has 0 aliphatic carbocycles. The fourth-order valence-corrected chi connectivity index (χ4v) is 2.25. The summed E-state index contributed by atoms with van der Waals surface area (Å²) in [6, 6.07) is 0. The van der Waals surface area contributed by atoms with Crippen molar-refractivity contribution in [2.75, 3.05) is 0 Å². The van der Waals surface area contributed by atoms with E-state index >= 15 is 0 Å². The lowest BCUT2D eigenvalue weighted by Crippen LogP contribution is -2.22. The molecule has 0 bridgehead atoms. The molecule has 0 aromatic carbocycles. The van der Waals surface area contributed by atoms with Gasteiger partial charge in [0.2, 0.25) is 0 Å². The summed E-state index contributed by atoms with van der Waals surface area (Å²) in [6.45, 7) is 5.87. The zero-order valence-electron chi connectivity index (χ0n) is 11.8. The van der Waals surface area contributed by atoms with E-state index in [9.17, 15) is 0 Å². The average Bonchev–Trinajstić information content (AvgIpc) is 2.90. The fourth-order valence-electron chi connectivity index (χ4n) is 2.25. The average molecular weight is 274 g/mol. The van der Waals surface area contributed by atoms with E-state index in [1.807, 2.05) is 20.8 Å². The number of nitrogens with two attached hydrogens (primary N) is 1. The molecule has 0 saturated carbocycles. The van der Waals surface area contributed by atoms with Crippen LogP contribution in [-0.2, 0) is 12.8 Å². The summed E-state index contributed by atoms with van der Waals surface area (Å²) in [6.07, 6.45) is 4.92. The van der Waals surface area contributed by atoms with Crippen molar-refractivity contribution in [1.82, 2.24) is 19.7 Å². The largest absolute Gasteiger partial charge is 0.409 e. The molecule has 0 radical (unpaired) electrons. The number of oxime groups is 1. The fraction of sp³-hybridized carbons (Fsp3) is 0.385. The van der Waals surface area contributed by atoms with Crippen molar-refractivity contribution >= 4 is 5.84 Å². The van der Waals surface area contributed by atoms with Crippen LogP contribution in [0.3, 0.4) is 0 Å². The second kappa shape index (κ2) is 5.68. The molecule has 0 atom stereocenters. The Balaban J connectivity index is 2.79. The van der Waals surface area contributed by atoms with Gasteiger partial charge in [-0.1, -0.05) is 19.0 Å². The van der Waals surface area contributed by atoms with Crippen molar-refractivity contribution in [2.45, 2.75) is 33.6 Å². The molecule has 0 saturated heterocycles. The third kappa shape index (κ3) is 2.22. The molecule has 7 heteroatoms. The zero-order valence-corrected chi connectivity index (χ0v) is 11.8. The standard InChI is InChI=1S/C13H18N6O/c1-4-9-10(5-2)16-17-13(11(9)12(14)18-20)19-7-6-15-8(19)3/h6-7,20H,4-5H2,1-3H3,(H2,14,18). The molecule has 0 aliphatic rings. The first-order valence-electron chi connectivity index (χ1n) is 6.50. The van der Waals surface area contributed by atoms with Crippen molar-refractivity contribution in [3.8, 4) is 5.82 Å². The van der Waals surface area contributed by atoms with Gasteiger partial charge in [0, 0.05) is 12.4 Å². The highest BCUT2D eigenvalue weighted by atomic mass is 16.4. The van der Waals surface area contributed by atoms with E-state index in [-0.39, 0.29) is 5.84 Å². The minimum Gasteiger partial charge on any atom is -0.409 e. The summed E-state index contributed by atoms with van der Waals surface area (Å²) >= 11 is 0. The molecule has 7 nitrogen and oxygen atoms in total. The highest BCUT2D eigenvalue weighted by Gasteiger charge is 2.20. The molecule has 3 N–H and O–H groups in total. The molecule has 2 aromatic heterocycles. The monoisotopic (exact) mass is 274 g/mol. The lowest BCUT2D eigenvalue weighted by Gasteiger charge is -2.15. The van der Waals surface area contributed by atoms with Gasteiger partial charge in [-0.3, -0.25) is 4.57 Å². The van der Waals surface area contributed by atoms with Crippen LogP contribution in [-0.4, -0.2) is 30.8 Å². The van der Waals surface area contributed by atoms with Crippen LogP contribution in [0, 0.1) is 6.92 Å². The Hall–Kier alpha value is -2.44. The number of aryl methyl sites for hydroxylation is 2. The number of rotatable bonds is 4. The van der Waals surface area contributed by atoms with E-state index in [2.05, 4.69) is 20.3 Å². The van der Waals surface area contributed by atoms with Crippen LogP contribution in [0.1, 0.15) is 36.5 Å². The summed E-state index contributed by atoms with van der Waals surface area (Å²) in [5.41, 5.74) is 8.27. The Morgan fingerprint density at radius 3 is 2.60 bits per heavy atom. The van der Waals surface area contributed by atoms with Gasteiger partial charge in [0.15, 0.2) is 11.7 Å². The summed E-state index contributed by atoms with van der Waals surface area (Å²) in [5.74, 6) is 1.33. The number of imidazole rings is 1. The smallest absolute Gasteiger partial charge is 0.174 e. The molecule has 0 aliphatic heterocycles. The molecule has 0 unspecified atom stereocenters. The van der Waals surface area contributed by atoms with Gasteiger partial charge in [-0.25, -0.2) is 4.98 Å². The van der Waals surface area contributed by atoms with Crippen molar-refractivity contribution < 1.29 is 5.21 Å². The third-order valence-electron chi connectivity index (χ3n) is 3.25. The molecule has 2 aromatic rings. The van der Waals surface area contributed by atoms with Crippen LogP contribution in [0.2, 0.25) is 0 Å². The predicted octanol–water partition coefficient (Wildman–Crippen LogP) is 1.19. The van der Waals surface area contributed by atoms with E-state index in [1.165, 1.54) is 0 Å². The van der Waals surface area contributed by atoms with E-state index in [1.54, 1.807) is 17.0 Å². The van der Waals surface area contributed by atoms with Gasteiger partial charge in [0.05, 0.1) is 11.3 Å². The van der Waals surface area contributed by atoms with Gasteiger partial charge in [-0.05, 0) is 25.3 Å². The highest BCUT2D eigenvalue weighted by Crippen LogP contribution is 2.21. The van der Waals surface area contributed by atoms with Gasteiger partial charge in [0.25, 0.3) is 0 Å². The topological polar surface area (TPSA) is 102 Å². The Labute approximate surface area is 117 Å². The van der Waals surface area contributed by atoms with Gasteiger partial charge < -0.3 is 10.9 Å². The van der Waals surface area contributed by atoms with Crippen molar-refractivity contribution in [3.63, 3.8) is 0 Å². The van der Waals surface area contributed by atoms with Gasteiger partial charge in [-0.2, -0.15) is 5.10 Å². The van der Waals surface area contributed by atoms with Crippen LogP contribution in [0.4, 0.5) is 0 Å². The molecule has 2 rings (SSSR count).